The molecule has 0 aromatic heterocycles. The summed E-state index contributed by atoms with van der Waals surface area (Å²) in [6.45, 7) is 10.4. The molecule has 1 aliphatic rings. The van der Waals surface area contributed by atoms with Crippen molar-refractivity contribution in [2.45, 2.75) is 43.8 Å². The van der Waals surface area contributed by atoms with E-state index in [0.29, 0.717) is 0 Å². The molecule has 0 bridgehead atoms. The van der Waals surface area contributed by atoms with Crippen LogP contribution in [0.15, 0.2) is 23.1 Å². The van der Waals surface area contributed by atoms with Crippen LogP contribution >= 0.6 is 11.8 Å². The Hall–Kier alpha value is -1.00. The van der Waals surface area contributed by atoms with Crippen LogP contribution in [0.4, 0.5) is 5.69 Å². The van der Waals surface area contributed by atoms with Gasteiger partial charge in [0, 0.05) is 21.9 Å². The lowest BCUT2D eigenvalue weighted by Gasteiger charge is -2.19. The summed E-state index contributed by atoms with van der Waals surface area (Å²) in [6, 6.07) is 6.26. The lowest BCUT2D eigenvalue weighted by atomic mass is 10.1. The van der Waals surface area contributed by atoms with Crippen LogP contribution in [0.5, 0.6) is 0 Å². The fourth-order valence-corrected chi connectivity index (χ4v) is 3.39. The largest absolute Gasteiger partial charge is 0.326 e. The van der Waals surface area contributed by atoms with E-state index in [4.69, 9.17) is 0 Å². The molecule has 0 aliphatic carbocycles. The fourth-order valence-electron chi connectivity index (χ4n) is 2.31. The zero-order chi connectivity index (χ0) is 14.8. The quantitative estimate of drug-likeness (QED) is 0.839. The van der Waals surface area contributed by atoms with E-state index < -0.39 is 0 Å². The number of rotatable bonds is 3. The van der Waals surface area contributed by atoms with E-state index in [1.54, 1.807) is 0 Å². The van der Waals surface area contributed by atoms with Crippen molar-refractivity contribution in [3.63, 3.8) is 0 Å². The van der Waals surface area contributed by atoms with Crippen LogP contribution in [0.3, 0.4) is 0 Å². The summed E-state index contributed by atoms with van der Waals surface area (Å²) >= 11 is 1.85. The van der Waals surface area contributed by atoms with Crippen molar-refractivity contribution >= 4 is 23.4 Å². The van der Waals surface area contributed by atoms with Crippen LogP contribution in [0, 0.1) is 12.8 Å². The summed E-state index contributed by atoms with van der Waals surface area (Å²) in [4.78, 5) is 13.4. The standard InChI is InChI=1S/C16H24N2OS/c1-11-9-13(20-16(2,3)4)5-6-14(11)18-15(19)12-7-8-17-10-12/h5-6,9,12,17H,7-8,10H2,1-4H3,(H,18,19). The van der Waals surface area contributed by atoms with Gasteiger partial charge in [0.1, 0.15) is 0 Å². The number of anilines is 1. The van der Waals surface area contributed by atoms with Gasteiger partial charge in [-0.25, -0.2) is 0 Å². The Bertz CT molecular complexity index is 488. The smallest absolute Gasteiger partial charge is 0.228 e. The molecule has 1 amide bonds. The maximum Gasteiger partial charge on any atom is 0.228 e. The predicted octanol–water partition coefficient (Wildman–Crippen LogP) is 3.43. The van der Waals surface area contributed by atoms with E-state index in [1.165, 1.54) is 4.90 Å². The first kappa shape index (κ1) is 15.4. The van der Waals surface area contributed by atoms with E-state index in [-0.39, 0.29) is 16.6 Å². The van der Waals surface area contributed by atoms with Gasteiger partial charge in [0.25, 0.3) is 0 Å². The fraction of sp³-hybridized carbons (Fsp3) is 0.562. The van der Waals surface area contributed by atoms with Crippen molar-refractivity contribution in [2.24, 2.45) is 5.92 Å². The van der Waals surface area contributed by atoms with E-state index in [1.807, 2.05) is 17.8 Å². The van der Waals surface area contributed by atoms with Crippen molar-refractivity contribution in [3.05, 3.63) is 23.8 Å². The summed E-state index contributed by atoms with van der Waals surface area (Å²) in [5.41, 5.74) is 2.05. The SMILES string of the molecule is Cc1cc(SC(C)(C)C)ccc1NC(=O)C1CCNC1. The maximum atomic E-state index is 12.1. The zero-order valence-electron chi connectivity index (χ0n) is 12.7. The summed E-state index contributed by atoms with van der Waals surface area (Å²) in [5, 5.41) is 6.28. The minimum atomic E-state index is 0.109. The molecule has 1 saturated heterocycles. The molecule has 1 atom stereocenters. The highest BCUT2D eigenvalue weighted by Crippen LogP contribution is 2.33. The first-order valence-electron chi connectivity index (χ1n) is 7.16. The topological polar surface area (TPSA) is 41.1 Å². The van der Waals surface area contributed by atoms with E-state index in [2.05, 4.69) is 50.5 Å². The molecule has 3 nitrogen and oxygen atoms in total. The summed E-state index contributed by atoms with van der Waals surface area (Å²) in [6.07, 6.45) is 0.933. The van der Waals surface area contributed by atoms with Crippen molar-refractivity contribution in [1.29, 1.82) is 0 Å². The van der Waals surface area contributed by atoms with Crippen LogP contribution in [0.1, 0.15) is 32.8 Å². The molecule has 0 radical (unpaired) electrons. The van der Waals surface area contributed by atoms with Crippen molar-refractivity contribution in [2.75, 3.05) is 18.4 Å². The normalized spacial score (nSPS) is 19.1. The number of carbonyl (C=O) groups is 1. The zero-order valence-corrected chi connectivity index (χ0v) is 13.6. The molecular weight excluding hydrogens is 268 g/mol. The second kappa shape index (κ2) is 6.19. The first-order valence-corrected chi connectivity index (χ1v) is 7.98. The van der Waals surface area contributed by atoms with Gasteiger partial charge >= 0.3 is 0 Å². The van der Waals surface area contributed by atoms with Gasteiger partial charge in [0.2, 0.25) is 5.91 Å². The van der Waals surface area contributed by atoms with Gasteiger partial charge in [-0.3, -0.25) is 4.79 Å². The third-order valence-electron chi connectivity index (χ3n) is 3.31. The first-order chi connectivity index (χ1) is 9.35. The Labute approximate surface area is 125 Å². The van der Waals surface area contributed by atoms with Crippen LogP contribution in [0.2, 0.25) is 0 Å². The molecule has 1 fully saturated rings. The molecule has 1 heterocycles. The van der Waals surface area contributed by atoms with Gasteiger partial charge in [-0.2, -0.15) is 0 Å². The molecule has 0 spiro atoms. The van der Waals surface area contributed by atoms with Gasteiger partial charge in [-0.1, -0.05) is 20.8 Å². The number of hydrogen-bond acceptors (Lipinski definition) is 3. The van der Waals surface area contributed by atoms with Crippen molar-refractivity contribution < 1.29 is 4.79 Å². The maximum absolute atomic E-state index is 12.1. The number of carbonyl (C=O) groups excluding carboxylic acids is 1. The third-order valence-corrected chi connectivity index (χ3v) is 4.41. The number of hydrogen-bond donors (Lipinski definition) is 2. The monoisotopic (exact) mass is 292 g/mol. The predicted molar refractivity (Wildman–Crippen MR) is 86.4 cm³/mol. The van der Waals surface area contributed by atoms with Gasteiger partial charge in [-0.15, -0.1) is 11.8 Å². The van der Waals surface area contributed by atoms with Gasteiger partial charge in [0.05, 0.1) is 5.92 Å². The van der Waals surface area contributed by atoms with Gasteiger partial charge in [-0.05, 0) is 43.7 Å². The highest BCUT2D eigenvalue weighted by molar-refractivity contribution is 8.00. The van der Waals surface area contributed by atoms with Crippen LogP contribution in [-0.4, -0.2) is 23.7 Å². The number of aryl methyl sites for hydroxylation is 1. The van der Waals surface area contributed by atoms with Crippen LogP contribution in [0.25, 0.3) is 0 Å². The number of nitrogens with one attached hydrogen (secondary N) is 2. The summed E-state index contributed by atoms with van der Waals surface area (Å²) in [5.74, 6) is 0.243. The lowest BCUT2D eigenvalue weighted by molar-refractivity contribution is -0.119. The minimum Gasteiger partial charge on any atom is -0.326 e. The van der Waals surface area contributed by atoms with Crippen LogP contribution in [-0.2, 0) is 4.79 Å². The summed E-state index contributed by atoms with van der Waals surface area (Å²) < 4.78 is 0.201. The Morgan fingerprint density at radius 1 is 1.40 bits per heavy atom. The average Bonchev–Trinajstić information content (AvgIpc) is 2.84. The Morgan fingerprint density at radius 2 is 2.15 bits per heavy atom. The van der Waals surface area contributed by atoms with E-state index in [0.717, 1.165) is 30.8 Å². The molecule has 1 aliphatic heterocycles. The molecule has 1 aromatic rings. The average molecular weight is 292 g/mol. The van der Waals surface area contributed by atoms with Crippen molar-refractivity contribution in [3.8, 4) is 0 Å². The van der Waals surface area contributed by atoms with Gasteiger partial charge < -0.3 is 10.6 Å². The van der Waals surface area contributed by atoms with E-state index in [9.17, 15) is 4.79 Å². The van der Waals surface area contributed by atoms with Gasteiger partial charge in [0.15, 0.2) is 0 Å². The minimum absolute atomic E-state index is 0.109. The molecule has 2 N–H and O–H groups in total. The summed E-state index contributed by atoms with van der Waals surface area (Å²) in [7, 11) is 0. The molecule has 2 rings (SSSR count). The number of amides is 1. The molecule has 1 aromatic carbocycles. The Kier molecular flexibility index (Phi) is 4.76. The Balaban J connectivity index is 2.04. The van der Waals surface area contributed by atoms with Crippen LogP contribution < -0.4 is 10.6 Å². The molecule has 110 valence electrons. The highest BCUT2D eigenvalue weighted by atomic mass is 32.2. The molecule has 20 heavy (non-hydrogen) atoms. The molecular formula is C16H24N2OS. The third kappa shape index (κ3) is 4.25. The Morgan fingerprint density at radius 3 is 2.70 bits per heavy atom. The molecule has 0 saturated carbocycles. The molecule has 1 unspecified atom stereocenters. The highest BCUT2D eigenvalue weighted by Gasteiger charge is 2.22. The second-order valence-electron chi connectivity index (χ2n) is 6.37. The second-order valence-corrected chi connectivity index (χ2v) is 8.27. The van der Waals surface area contributed by atoms with Crippen molar-refractivity contribution in [1.82, 2.24) is 5.32 Å². The number of thioether (sulfide) groups is 1. The lowest BCUT2D eigenvalue weighted by Crippen LogP contribution is -2.24. The van der Waals surface area contributed by atoms with E-state index >= 15 is 0 Å². The number of benzene rings is 1. The molecule has 4 heteroatoms.